The first kappa shape index (κ1) is 18.8. The van der Waals surface area contributed by atoms with Gasteiger partial charge in [-0.2, -0.15) is 0 Å². The molecule has 4 nitrogen and oxygen atoms in total. The number of hydrogen-bond acceptors (Lipinski definition) is 2. The summed E-state index contributed by atoms with van der Waals surface area (Å²) in [6.45, 7) is 2.44. The van der Waals surface area contributed by atoms with Crippen LogP contribution in [0.1, 0.15) is 63.0 Å². The van der Waals surface area contributed by atoms with Gasteiger partial charge in [-0.1, -0.05) is 48.9 Å². The van der Waals surface area contributed by atoms with E-state index in [1.165, 1.54) is 38.5 Å². The smallest absolute Gasteiger partial charge is 0.319 e. The summed E-state index contributed by atoms with van der Waals surface area (Å²) >= 11 is 12.8. The van der Waals surface area contributed by atoms with Gasteiger partial charge in [-0.05, 0) is 55.7 Å². The fraction of sp³-hybridized carbons (Fsp3) is 0.632. The van der Waals surface area contributed by atoms with Crippen molar-refractivity contribution in [2.45, 2.75) is 63.9 Å². The maximum Gasteiger partial charge on any atom is 0.319 e. The lowest BCUT2D eigenvalue weighted by atomic mass is 9.98. The highest BCUT2D eigenvalue weighted by Gasteiger charge is 2.35. The maximum atomic E-state index is 12.3. The summed E-state index contributed by atoms with van der Waals surface area (Å²) in [5.41, 5.74) is 1.14. The number of fused-ring (bicyclic) bond motifs is 1. The van der Waals surface area contributed by atoms with Crippen LogP contribution in [0.25, 0.3) is 0 Å². The summed E-state index contributed by atoms with van der Waals surface area (Å²) in [7, 11) is 0. The normalized spacial score (nSPS) is 23.8. The number of amides is 2. The van der Waals surface area contributed by atoms with E-state index in [9.17, 15) is 9.90 Å². The fourth-order valence-electron chi connectivity index (χ4n) is 3.97. The molecule has 2 amide bonds. The summed E-state index contributed by atoms with van der Waals surface area (Å²) in [6.07, 6.45) is 8.73. The van der Waals surface area contributed by atoms with Gasteiger partial charge in [0.05, 0.1) is 21.3 Å². The molecule has 138 valence electrons. The van der Waals surface area contributed by atoms with Gasteiger partial charge in [0, 0.05) is 6.54 Å². The largest absolute Gasteiger partial charge is 0.385 e. The highest BCUT2D eigenvalue weighted by atomic mass is 35.5. The SMILES string of the molecule is CC1(O)CCc2c1cc(Cl)c(NC(=O)NCC1CCCCCC1)c2Cl. The minimum atomic E-state index is -0.914. The molecule has 1 saturated carbocycles. The van der Waals surface area contributed by atoms with Gasteiger partial charge < -0.3 is 15.7 Å². The third-order valence-corrected chi connectivity index (χ3v) is 6.24. The van der Waals surface area contributed by atoms with E-state index in [-0.39, 0.29) is 6.03 Å². The van der Waals surface area contributed by atoms with Gasteiger partial charge >= 0.3 is 6.03 Å². The summed E-state index contributed by atoms with van der Waals surface area (Å²) in [4.78, 5) is 12.3. The number of aliphatic hydroxyl groups is 1. The van der Waals surface area contributed by atoms with Crippen LogP contribution in [0.15, 0.2) is 6.07 Å². The minimum absolute atomic E-state index is 0.280. The molecule has 0 aliphatic heterocycles. The van der Waals surface area contributed by atoms with Crippen LogP contribution in [0, 0.1) is 5.92 Å². The number of benzene rings is 1. The number of hydrogen-bond donors (Lipinski definition) is 3. The topological polar surface area (TPSA) is 61.4 Å². The second-order valence-corrected chi connectivity index (χ2v) is 8.33. The molecule has 0 radical (unpaired) electrons. The quantitative estimate of drug-likeness (QED) is 0.623. The first-order valence-electron chi connectivity index (χ1n) is 9.17. The summed E-state index contributed by atoms with van der Waals surface area (Å²) in [5.74, 6) is 0.550. The molecular weight excluding hydrogens is 359 g/mol. The van der Waals surface area contributed by atoms with Gasteiger partial charge in [0.2, 0.25) is 0 Å². The van der Waals surface area contributed by atoms with Crippen molar-refractivity contribution in [3.05, 3.63) is 27.2 Å². The average molecular weight is 385 g/mol. The number of anilines is 1. The molecule has 0 aromatic heterocycles. The van der Waals surface area contributed by atoms with Gasteiger partial charge in [-0.25, -0.2) is 4.79 Å². The van der Waals surface area contributed by atoms with Crippen molar-refractivity contribution in [1.29, 1.82) is 0 Å². The van der Waals surface area contributed by atoms with Gasteiger partial charge in [0.15, 0.2) is 0 Å². The predicted octanol–water partition coefficient (Wildman–Crippen LogP) is 5.24. The van der Waals surface area contributed by atoms with E-state index < -0.39 is 5.60 Å². The van der Waals surface area contributed by atoms with Gasteiger partial charge in [0.1, 0.15) is 0 Å². The van der Waals surface area contributed by atoms with Crippen LogP contribution in [-0.2, 0) is 12.0 Å². The Morgan fingerprint density at radius 3 is 2.64 bits per heavy atom. The maximum absolute atomic E-state index is 12.3. The molecule has 25 heavy (non-hydrogen) atoms. The Morgan fingerprint density at radius 2 is 1.96 bits per heavy atom. The molecule has 0 heterocycles. The van der Waals surface area contributed by atoms with E-state index in [4.69, 9.17) is 23.2 Å². The summed E-state index contributed by atoms with van der Waals surface area (Å²) in [5, 5.41) is 16.9. The summed E-state index contributed by atoms with van der Waals surface area (Å²) in [6, 6.07) is 1.44. The number of halogens is 2. The van der Waals surface area contributed by atoms with Crippen molar-refractivity contribution in [2.24, 2.45) is 5.92 Å². The number of carbonyl (C=O) groups excluding carboxylic acids is 1. The number of nitrogens with one attached hydrogen (secondary N) is 2. The van der Waals surface area contributed by atoms with Crippen LogP contribution >= 0.6 is 23.2 Å². The fourth-order valence-corrected chi connectivity index (χ4v) is 4.61. The van der Waals surface area contributed by atoms with Crippen LogP contribution in [0.2, 0.25) is 10.0 Å². The molecule has 0 spiro atoms. The van der Waals surface area contributed by atoms with Crippen molar-refractivity contribution in [3.63, 3.8) is 0 Å². The third kappa shape index (κ3) is 4.24. The van der Waals surface area contributed by atoms with Crippen LogP contribution in [0.5, 0.6) is 0 Å². The van der Waals surface area contributed by atoms with E-state index in [1.54, 1.807) is 13.0 Å². The Bertz CT molecular complexity index is 653. The van der Waals surface area contributed by atoms with Crippen LogP contribution in [-0.4, -0.2) is 17.7 Å². The number of urea groups is 1. The zero-order chi connectivity index (χ0) is 18.0. The molecule has 0 saturated heterocycles. The molecule has 1 atom stereocenters. The first-order valence-corrected chi connectivity index (χ1v) is 9.92. The monoisotopic (exact) mass is 384 g/mol. The second kappa shape index (κ2) is 7.73. The molecule has 1 unspecified atom stereocenters. The van der Waals surface area contributed by atoms with E-state index in [1.807, 2.05) is 0 Å². The van der Waals surface area contributed by atoms with Gasteiger partial charge in [-0.15, -0.1) is 0 Å². The molecule has 6 heteroatoms. The Morgan fingerprint density at radius 1 is 1.28 bits per heavy atom. The summed E-state index contributed by atoms with van der Waals surface area (Å²) < 4.78 is 0. The lowest BCUT2D eigenvalue weighted by Gasteiger charge is -2.20. The standard InChI is InChI=1S/C19H26Cl2N2O2/c1-19(25)9-8-13-14(19)10-15(20)17(16(13)21)23-18(24)22-11-12-6-4-2-3-5-7-12/h10,12,25H,2-9,11H2,1H3,(H2,22,23,24). The van der Waals surface area contributed by atoms with Crippen LogP contribution in [0.3, 0.4) is 0 Å². The third-order valence-electron chi connectivity index (χ3n) is 5.53. The highest BCUT2D eigenvalue weighted by molar-refractivity contribution is 6.40. The molecule has 0 bridgehead atoms. The van der Waals surface area contributed by atoms with Gasteiger partial charge in [-0.3, -0.25) is 0 Å². The van der Waals surface area contributed by atoms with Gasteiger partial charge in [0.25, 0.3) is 0 Å². The number of carbonyl (C=O) groups is 1. The molecule has 3 rings (SSSR count). The molecule has 3 N–H and O–H groups in total. The average Bonchev–Trinajstić information content (AvgIpc) is 2.76. The molecule has 1 aromatic carbocycles. The van der Waals surface area contributed by atoms with Crippen LogP contribution < -0.4 is 10.6 Å². The van der Waals surface area contributed by atoms with E-state index in [2.05, 4.69) is 10.6 Å². The van der Waals surface area contributed by atoms with Crippen molar-refractivity contribution in [1.82, 2.24) is 5.32 Å². The Labute approximate surface area is 159 Å². The predicted molar refractivity (Wildman–Crippen MR) is 103 cm³/mol. The Hall–Kier alpha value is -0.970. The molecule has 2 aliphatic rings. The van der Waals surface area contributed by atoms with E-state index in [0.717, 1.165) is 11.1 Å². The zero-order valence-electron chi connectivity index (χ0n) is 14.6. The number of rotatable bonds is 3. The van der Waals surface area contributed by atoms with E-state index >= 15 is 0 Å². The lowest BCUT2D eigenvalue weighted by molar-refractivity contribution is 0.0595. The molecule has 1 aromatic rings. The Balaban J connectivity index is 1.65. The van der Waals surface area contributed by atoms with Crippen molar-refractivity contribution in [2.75, 3.05) is 11.9 Å². The van der Waals surface area contributed by atoms with Crippen LogP contribution in [0.4, 0.5) is 10.5 Å². The van der Waals surface area contributed by atoms with Crippen molar-refractivity contribution >= 4 is 34.9 Å². The molecule has 2 aliphatic carbocycles. The van der Waals surface area contributed by atoms with Crippen molar-refractivity contribution < 1.29 is 9.90 Å². The first-order chi connectivity index (χ1) is 11.9. The zero-order valence-corrected chi connectivity index (χ0v) is 16.1. The van der Waals surface area contributed by atoms with E-state index in [0.29, 0.717) is 41.0 Å². The highest BCUT2D eigenvalue weighted by Crippen LogP contribution is 2.45. The minimum Gasteiger partial charge on any atom is -0.385 e. The second-order valence-electron chi connectivity index (χ2n) is 7.54. The molecular formula is C19H26Cl2N2O2. The Kier molecular flexibility index (Phi) is 5.81. The van der Waals surface area contributed by atoms with Crippen molar-refractivity contribution in [3.8, 4) is 0 Å². The molecule has 1 fully saturated rings. The lowest BCUT2D eigenvalue weighted by Crippen LogP contribution is -2.33.